The number of nitrogens with zero attached hydrogens (tertiary/aromatic N) is 2. The average Bonchev–Trinajstić information content (AvgIpc) is 3.45. The number of nitrogens with one attached hydrogen (secondary N) is 1. The van der Waals surface area contributed by atoms with E-state index in [1.54, 1.807) is 12.1 Å². The highest BCUT2D eigenvalue weighted by molar-refractivity contribution is 7.99. The van der Waals surface area contributed by atoms with Crippen LogP contribution in [0, 0.1) is 0 Å². The molecule has 1 atom stereocenters. The summed E-state index contributed by atoms with van der Waals surface area (Å²) in [5.41, 5.74) is 0.720. The molecular formula is C20H17N3O6S. The third-order valence-electron chi connectivity index (χ3n) is 4.45. The largest absolute Gasteiger partial charge is 0.486 e. The fraction of sp³-hybridized carbons (Fsp3) is 0.250. The molecule has 1 aromatic heterocycles. The van der Waals surface area contributed by atoms with E-state index >= 15 is 0 Å². The summed E-state index contributed by atoms with van der Waals surface area (Å²) in [6, 6.07) is 12.8. The number of rotatable bonds is 6. The molecular weight excluding hydrogens is 410 g/mol. The normalized spacial score (nSPS) is 16.3. The van der Waals surface area contributed by atoms with Crippen molar-refractivity contribution in [1.29, 1.82) is 0 Å². The number of carbonyl (C=O) groups excluding carboxylic acids is 1. The number of benzene rings is 2. The Hall–Kier alpha value is -3.40. The summed E-state index contributed by atoms with van der Waals surface area (Å²) < 4.78 is 27.7. The molecule has 1 amide bonds. The summed E-state index contributed by atoms with van der Waals surface area (Å²) in [7, 11) is 0. The van der Waals surface area contributed by atoms with Crippen molar-refractivity contribution < 1.29 is 28.2 Å². The monoisotopic (exact) mass is 427 g/mol. The van der Waals surface area contributed by atoms with Crippen LogP contribution in [0.15, 0.2) is 52.1 Å². The molecule has 3 heterocycles. The molecule has 9 nitrogen and oxygen atoms in total. The first-order valence-electron chi connectivity index (χ1n) is 9.26. The number of ether oxygens (including phenoxy) is 4. The van der Waals surface area contributed by atoms with Crippen molar-refractivity contribution in [3.05, 3.63) is 42.5 Å². The highest BCUT2D eigenvalue weighted by Crippen LogP contribution is 2.36. The summed E-state index contributed by atoms with van der Waals surface area (Å²) in [6.07, 6.45) is -0.241. The van der Waals surface area contributed by atoms with E-state index in [4.69, 9.17) is 23.4 Å². The van der Waals surface area contributed by atoms with E-state index in [2.05, 4.69) is 15.5 Å². The van der Waals surface area contributed by atoms with E-state index in [9.17, 15) is 4.79 Å². The molecule has 0 radical (unpaired) electrons. The predicted octanol–water partition coefficient (Wildman–Crippen LogP) is 2.51. The summed E-state index contributed by atoms with van der Waals surface area (Å²) >= 11 is 1.16. The Bertz CT molecular complexity index is 1070. The molecule has 0 fully saturated rings. The number of aromatic nitrogens is 2. The van der Waals surface area contributed by atoms with Crippen LogP contribution in [0.3, 0.4) is 0 Å². The van der Waals surface area contributed by atoms with Crippen molar-refractivity contribution in [2.24, 2.45) is 0 Å². The summed E-state index contributed by atoms with van der Waals surface area (Å²) in [5.74, 6) is 3.04. The number of amides is 1. The van der Waals surface area contributed by atoms with Gasteiger partial charge in [-0.2, -0.15) is 0 Å². The van der Waals surface area contributed by atoms with Crippen LogP contribution in [0.1, 0.15) is 0 Å². The molecule has 5 rings (SSSR count). The van der Waals surface area contributed by atoms with E-state index in [1.807, 2.05) is 30.3 Å². The highest BCUT2D eigenvalue weighted by Gasteiger charge is 2.21. The first kappa shape index (κ1) is 18.6. The van der Waals surface area contributed by atoms with Crippen molar-refractivity contribution in [2.45, 2.75) is 11.3 Å². The first-order chi connectivity index (χ1) is 14.7. The minimum atomic E-state index is -0.241. The quantitative estimate of drug-likeness (QED) is 0.594. The van der Waals surface area contributed by atoms with Gasteiger partial charge in [0.15, 0.2) is 23.0 Å². The van der Waals surface area contributed by atoms with Crippen molar-refractivity contribution in [3.63, 3.8) is 0 Å². The topological polar surface area (TPSA) is 105 Å². The Balaban J connectivity index is 1.11. The number of hydrogen-bond donors (Lipinski definition) is 1. The molecule has 154 valence electrons. The molecule has 2 aliphatic rings. The lowest BCUT2D eigenvalue weighted by Gasteiger charge is -2.26. The van der Waals surface area contributed by atoms with Gasteiger partial charge in [0.05, 0.1) is 12.3 Å². The summed E-state index contributed by atoms with van der Waals surface area (Å²) in [6.45, 7) is 0.927. The summed E-state index contributed by atoms with van der Waals surface area (Å²) in [4.78, 5) is 12.2. The number of thioether (sulfide) groups is 1. The van der Waals surface area contributed by atoms with Crippen LogP contribution < -0.4 is 24.3 Å². The lowest BCUT2D eigenvalue weighted by atomic mass is 10.2. The first-order valence-corrected chi connectivity index (χ1v) is 10.2. The minimum absolute atomic E-state index is 0.146. The van der Waals surface area contributed by atoms with Crippen molar-refractivity contribution >= 4 is 17.7 Å². The van der Waals surface area contributed by atoms with E-state index in [0.29, 0.717) is 47.3 Å². The predicted molar refractivity (Wildman–Crippen MR) is 106 cm³/mol. The molecule has 0 saturated heterocycles. The second kappa shape index (κ2) is 8.15. The van der Waals surface area contributed by atoms with E-state index in [-0.39, 0.29) is 24.6 Å². The molecule has 2 aromatic carbocycles. The van der Waals surface area contributed by atoms with Gasteiger partial charge in [0.25, 0.3) is 5.22 Å². The van der Waals surface area contributed by atoms with Gasteiger partial charge in [0.2, 0.25) is 18.6 Å². The second-order valence-electron chi connectivity index (χ2n) is 6.53. The Morgan fingerprint density at radius 3 is 2.80 bits per heavy atom. The molecule has 0 aliphatic carbocycles. The number of fused-ring (bicyclic) bond motifs is 2. The van der Waals surface area contributed by atoms with Gasteiger partial charge in [-0.3, -0.25) is 4.79 Å². The van der Waals surface area contributed by atoms with Crippen LogP contribution in [-0.2, 0) is 4.79 Å². The summed E-state index contributed by atoms with van der Waals surface area (Å²) in [5, 5.41) is 11.2. The molecule has 30 heavy (non-hydrogen) atoms. The maximum absolute atomic E-state index is 12.2. The average molecular weight is 427 g/mol. The minimum Gasteiger partial charge on any atom is -0.486 e. The SMILES string of the molecule is O=C(CSc1nnc(-c2ccc3c(c2)OCO3)o1)NCC1COc2ccccc2O1. The number of hydrogen-bond acceptors (Lipinski definition) is 9. The third-order valence-corrected chi connectivity index (χ3v) is 5.27. The molecule has 1 unspecified atom stereocenters. The van der Waals surface area contributed by atoms with Gasteiger partial charge in [-0.15, -0.1) is 10.2 Å². The standard InChI is InChI=1S/C20H17N3O6S/c24-18(21-8-13-9-25-14-3-1-2-4-16(14)28-13)10-30-20-23-22-19(29-20)12-5-6-15-17(7-12)27-11-26-15/h1-7,13H,8-11H2,(H,21,24). The zero-order chi connectivity index (χ0) is 20.3. The Labute approximate surface area is 175 Å². The number of carbonyl (C=O) groups is 1. The van der Waals surface area contributed by atoms with Crippen molar-refractivity contribution in [1.82, 2.24) is 15.5 Å². The molecule has 2 aliphatic heterocycles. The number of para-hydroxylation sites is 2. The van der Waals surface area contributed by atoms with Crippen LogP contribution in [0.25, 0.3) is 11.5 Å². The lowest BCUT2D eigenvalue weighted by molar-refractivity contribution is -0.119. The fourth-order valence-corrected chi connectivity index (χ4v) is 3.58. The van der Waals surface area contributed by atoms with Crippen molar-refractivity contribution in [2.75, 3.05) is 25.7 Å². The van der Waals surface area contributed by atoms with Gasteiger partial charge in [0.1, 0.15) is 12.7 Å². The van der Waals surface area contributed by atoms with Crippen molar-refractivity contribution in [3.8, 4) is 34.5 Å². The van der Waals surface area contributed by atoms with Gasteiger partial charge >= 0.3 is 0 Å². The molecule has 10 heteroatoms. The van der Waals surface area contributed by atoms with Crippen LogP contribution in [0.4, 0.5) is 0 Å². The molecule has 3 aromatic rings. The molecule has 1 N–H and O–H groups in total. The van der Waals surface area contributed by atoms with Gasteiger partial charge in [-0.1, -0.05) is 23.9 Å². The maximum atomic E-state index is 12.2. The van der Waals surface area contributed by atoms with E-state index in [0.717, 1.165) is 17.3 Å². The highest BCUT2D eigenvalue weighted by atomic mass is 32.2. The fourth-order valence-electron chi connectivity index (χ4n) is 2.98. The smallest absolute Gasteiger partial charge is 0.277 e. The van der Waals surface area contributed by atoms with Gasteiger partial charge in [-0.25, -0.2) is 0 Å². The Morgan fingerprint density at radius 1 is 1.03 bits per heavy atom. The van der Waals surface area contributed by atoms with E-state index in [1.165, 1.54) is 0 Å². The van der Waals surface area contributed by atoms with Gasteiger partial charge < -0.3 is 28.7 Å². The van der Waals surface area contributed by atoms with E-state index < -0.39 is 0 Å². The zero-order valence-electron chi connectivity index (χ0n) is 15.7. The molecule has 0 saturated carbocycles. The Morgan fingerprint density at radius 2 is 1.87 bits per heavy atom. The van der Waals surface area contributed by atoms with Crippen LogP contribution >= 0.6 is 11.8 Å². The molecule has 0 bridgehead atoms. The van der Waals surface area contributed by atoms with Crippen LogP contribution in [-0.4, -0.2) is 47.9 Å². The van der Waals surface area contributed by atoms with Crippen LogP contribution in [0.2, 0.25) is 0 Å². The maximum Gasteiger partial charge on any atom is 0.277 e. The Kier molecular flexibility index (Phi) is 5.06. The van der Waals surface area contributed by atoms with Crippen LogP contribution in [0.5, 0.6) is 23.0 Å². The zero-order valence-corrected chi connectivity index (χ0v) is 16.5. The third kappa shape index (κ3) is 3.99. The second-order valence-corrected chi connectivity index (χ2v) is 7.46. The molecule has 0 spiro atoms. The lowest BCUT2D eigenvalue weighted by Crippen LogP contribution is -2.41. The van der Waals surface area contributed by atoms with Gasteiger partial charge in [-0.05, 0) is 30.3 Å². The van der Waals surface area contributed by atoms with Gasteiger partial charge in [0, 0.05) is 5.56 Å².